The highest BCUT2D eigenvalue weighted by Crippen LogP contribution is 2.68. The van der Waals surface area contributed by atoms with Gasteiger partial charge in [-0.3, -0.25) is 14.4 Å². The molecule has 0 radical (unpaired) electrons. The molecule has 4 rings (SSSR count). The third-order valence-corrected chi connectivity index (χ3v) is 9.61. The molecular formula is C27H36O4. The summed E-state index contributed by atoms with van der Waals surface area (Å²) in [6, 6.07) is 0. The van der Waals surface area contributed by atoms with Gasteiger partial charge in [-0.05, 0) is 86.7 Å². The predicted octanol–water partition coefficient (Wildman–Crippen LogP) is 5.38. The van der Waals surface area contributed by atoms with Crippen LogP contribution in [0, 0.1) is 34.5 Å². The molecule has 0 aromatic heterocycles. The second-order valence-electron chi connectivity index (χ2n) is 10.8. The Morgan fingerprint density at radius 1 is 1.19 bits per heavy atom. The molecule has 0 aromatic carbocycles. The molecule has 0 amide bonds. The first-order chi connectivity index (χ1) is 14.5. The zero-order valence-corrected chi connectivity index (χ0v) is 19.6. The Morgan fingerprint density at radius 3 is 2.48 bits per heavy atom. The van der Waals surface area contributed by atoms with Gasteiger partial charge in [-0.25, -0.2) is 0 Å². The molecule has 0 heterocycles. The summed E-state index contributed by atoms with van der Waals surface area (Å²) in [5, 5.41) is 0. The quantitative estimate of drug-likeness (QED) is 0.449. The molecule has 0 N–H and O–H groups in total. The van der Waals surface area contributed by atoms with Crippen LogP contribution in [0.2, 0.25) is 0 Å². The lowest BCUT2D eigenvalue weighted by Crippen LogP contribution is -2.59. The maximum absolute atomic E-state index is 12.9. The highest BCUT2D eigenvalue weighted by atomic mass is 16.6. The standard InChI is InChI=1S/C27H36O4/c1-7-8-19-14-20(30)15-24-16(2)13-21-22-10-12-27(17(3)28,31-18(4)29)25(22,5)11-9-23(21)26(19,24)6/h7,13,15,19,21-23H,1,8-12,14H2,2-6H3/t19-,21-,22-,23-,25-,26+,27+/m0/s1. The highest BCUT2D eigenvalue weighted by molar-refractivity contribution is 5.93. The average molecular weight is 425 g/mol. The molecule has 0 saturated heterocycles. The van der Waals surface area contributed by atoms with Crippen LogP contribution in [0.15, 0.2) is 36.0 Å². The molecule has 2 saturated carbocycles. The van der Waals surface area contributed by atoms with Gasteiger partial charge in [0.2, 0.25) is 0 Å². The van der Waals surface area contributed by atoms with Crippen molar-refractivity contribution in [3.05, 3.63) is 36.0 Å². The number of carbonyl (C=O) groups excluding carboxylic acids is 3. The molecule has 0 aliphatic heterocycles. The smallest absolute Gasteiger partial charge is 0.303 e. The van der Waals surface area contributed by atoms with Crippen LogP contribution in [-0.2, 0) is 19.1 Å². The molecule has 0 unspecified atom stereocenters. The summed E-state index contributed by atoms with van der Waals surface area (Å²) in [6.45, 7) is 13.6. The number of carbonyl (C=O) groups is 3. The summed E-state index contributed by atoms with van der Waals surface area (Å²) < 4.78 is 5.87. The van der Waals surface area contributed by atoms with Crippen LogP contribution >= 0.6 is 0 Å². The Hall–Kier alpha value is -1.97. The summed E-state index contributed by atoms with van der Waals surface area (Å²) in [5.41, 5.74) is 0.948. The molecule has 31 heavy (non-hydrogen) atoms. The van der Waals surface area contributed by atoms with Gasteiger partial charge in [-0.2, -0.15) is 0 Å². The van der Waals surface area contributed by atoms with E-state index in [1.54, 1.807) is 6.92 Å². The number of ether oxygens (including phenoxy) is 1. The van der Waals surface area contributed by atoms with Crippen LogP contribution in [0.1, 0.15) is 73.1 Å². The molecule has 0 aromatic rings. The molecule has 0 bridgehead atoms. The van der Waals surface area contributed by atoms with Crippen molar-refractivity contribution >= 4 is 17.5 Å². The molecule has 4 aliphatic rings. The number of rotatable bonds is 4. The fraction of sp³-hybridized carbons (Fsp3) is 0.667. The molecule has 2 fully saturated rings. The summed E-state index contributed by atoms with van der Waals surface area (Å²) in [5.74, 6) is 1.09. The summed E-state index contributed by atoms with van der Waals surface area (Å²) >= 11 is 0. The zero-order valence-electron chi connectivity index (χ0n) is 19.6. The van der Waals surface area contributed by atoms with Gasteiger partial charge in [0.25, 0.3) is 0 Å². The minimum Gasteiger partial charge on any atom is -0.451 e. The normalized spacial score (nSPS) is 43.7. The van der Waals surface area contributed by atoms with E-state index >= 15 is 0 Å². The molecule has 4 aliphatic carbocycles. The van der Waals surface area contributed by atoms with E-state index in [-0.39, 0.29) is 40.2 Å². The second kappa shape index (κ2) is 7.28. The zero-order chi connectivity index (χ0) is 22.8. The van der Waals surface area contributed by atoms with Crippen LogP contribution in [0.25, 0.3) is 0 Å². The molecule has 4 nitrogen and oxygen atoms in total. The van der Waals surface area contributed by atoms with Crippen molar-refractivity contribution in [1.82, 2.24) is 0 Å². The van der Waals surface area contributed by atoms with Gasteiger partial charge in [-0.15, -0.1) is 6.58 Å². The van der Waals surface area contributed by atoms with E-state index in [0.29, 0.717) is 24.7 Å². The number of allylic oxidation sites excluding steroid dienone is 5. The largest absolute Gasteiger partial charge is 0.451 e. The lowest BCUT2D eigenvalue weighted by atomic mass is 9.44. The Morgan fingerprint density at radius 2 is 1.87 bits per heavy atom. The van der Waals surface area contributed by atoms with Crippen LogP contribution < -0.4 is 0 Å². The third-order valence-electron chi connectivity index (χ3n) is 9.61. The van der Waals surface area contributed by atoms with Crippen molar-refractivity contribution < 1.29 is 19.1 Å². The summed E-state index contributed by atoms with van der Waals surface area (Å²) in [6.07, 6.45) is 10.9. The second-order valence-corrected chi connectivity index (χ2v) is 10.8. The molecule has 7 atom stereocenters. The van der Waals surface area contributed by atoms with E-state index in [2.05, 4.69) is 33.4 Å². The first kappa shape index (κ1) is 22.2. The number of hydrogen-bond donors (Lipinski definition) is 0. The van der Waals surface area contributed by atoms with E-state index in [1.165, 1.54) is 18.1 Å². The van der Waals surface area contributed by atoms with Crippen molar-refractivity contribution in [2.45, 2.75) is 78.7 Å². The number of hydrogen-bond acceptors (Lipinski definition) is 4. The monoisotopic (exact) mass is 424 g/mol. The molecular weight excluding hydrogens is 388 g/mol. The van der Waals surface area contributed by atoms with Gasteiger partial charge < -0.3 is 4.74 Å². The number of ketones is 2. The maximum atomic E-state index is 12.9. The SMILES string of the molecule is C=CC[C@H]1CC(=O)C=C2C(C)=C[C@@H]3[C@H](CC[C@@]4(C)[C@H]3CC[C@@]4(OC(C)=O)C(C)=O)[C@]21C. The lowest BCUT2D eigenvalue weighted by molar-refractivity contribution is -0.185. The maximum Gasteiger partial charge on any atom is 0.303 e. The fourth-order valence-electron chi connectivity index (χ4n) is 8.19. The lowest BCUT2D eigenvalue weighted by Gasteiger charge is -2.60. The minimum absolute atomic E-state index is 0.0257. The van der Waals surface area contributed by atoms with Crippen LogP contribution in [-0.4, -0.2) is 23.1 Å². The van der Waals surface area contributed by atoms with E-state index in [1.807, 2.05) is 12.2 Å². The van der Waals surface area contributed by atoms with Crippen molar-refractivity contribution in [2.75, 3.05) is 0 Å². The van der Waals surface area contributed by atoms with E-state index in [9.17, 15) is 14.4 Å². The Balaban J connectivity index is 1.81. The topological polar surface area (TPSA) is 60.4 Å². The minimum atomic E-state index is -1.02. The fourth-order valence-corrected chi connectivity index (χ4v) is 8.19. The van der Waals surface area contributed by atoms with Gasteiger partial charge in [0, 0.05) is 18.8 Å². The summed E-state index contributed by atoms with van der Waals surface area (Å²) in [7, 11) is 0. The Bertz CT molecular complexity index is 910. The molecule has 0 spiro atoms. The van der Waals surface area contributed by atoms with Crippen molar-refractivity contribution in [3.8, 4) is 0 Å². The average Bonchev–Trinajstić information content (AvgIpc) is 2.97. The van der Waals surface area contributed by atoms with Gasteiger partial charge in [-0.1, -0.05) is 31.6 Å². The van der Waals surface area contributed by atoms with Crippen LogP contribution in [0.3, 0.4) is 0 Å². The van der Waals surface area contributed by atoms with Crippen molar-refractivity contribution in [1.29, 1.82) is 0 Å². The van der Waals surface area contributed by atoms with Gasteiger partial charge in [0.05, 0.1) is 0 Å². The number of esters is 1. The molecule has 168 valence electrons. The van der Waals surface area contributed by atoms with Gasteiger partial charge in [0.1, 0.15) is 0 Å². The van der Waals surface area contributed by atoms with Gasteiger partial charge >= 0.3 is 5.97 Å². The van der Waals surface area contributed by atoms with E-state index in [0.717, 1.165) is 25.7 Å². The predicted molar refractivity (Wildman–Crippen MR) is 120 cm³/mol. The first-order valence-corrected chi connectivity index (χ1v) is 11.8. The van der Waals surface area contributed by atoms with Crippen molar-refractivity contribution in [2.24, 2.45) is 34.5 Å². The first-order valence-electron chi connectivity index (χ1n) is 11.8. The number of Topliss-reactive ketones (excluding diaryl/α,β-unsaturated/α-hetero) is 1. The Labute approximate surface area is 186 Å². The molecule has 4 heteroatoms. The van der Waals surface area contributed by atoms with Crippen molar-refractivity contribution in [3.63, 3.8) is 0 Å². The highest BCUT2D eigenvalue weighted by Gasteiger charge is 2.68. The Kier molecular flexibility index (Phi) is 5.22. The van der Waals surface area contributed by atoms with Crippen LogP contribution in [0.4, 0.5) is 0 Å². The van der Waals surface area contributed by atoms with Gasteiger partial charge in [0.15, 0.2) is 17.2 Å². The van der Waals surface area contributed by atoms with E-state index < -0.39 is 5.60 Å². The summed E-state index contributed by atoms with van der Waals surface area (Å²) in [4.78, 5) is 37.4. The third kappa shape index (κ3) is 2.89. The van der Waals surface area contributed by atoms with E-state index in [4.69, 9.17) is 4.74 Å². The number of fused-ring (bicyclic) bond motifs is 5. The van der Waals surface area contributed by atoms with Crippen LogP contribution in [0.5, 0.6) is 0 Å².